The molecule has 1 N–H and O–H groups in total. The van der Waals surface area contributed by atoms with Crippen LogP contribution in [0.15, 0.2) is 18.2 Å². The van der Waals surface area contributed by atoms with E-state index in [0.29, 0.717) is 18.5 Å². The van der Waals surface area contributed by atoms with E-state index in [0.717, 1.165) is 30.7 Å². The van der Waals surface area contributed by atoms with Crippen molar-refractivity contribution in [3.05, 3.63) is 29.3 Å². The molecule has 1 aromatic rings. The number of hydrogen-bond acceptors (Lipinski definition) is 3. The van der Waals surface area contributed by atoms with E-state index in [-0.39, 0.29) is 11.8 Å². The van der Waals surface area contributed by atoms with Crippen molar-refractivity contribution >= 4 is 11.8 Å². The van der Waals surface area contributed by atoms with E-state index >= 15 is 0 Å². The van der Waals surface area contributed by atoms with E-state index in [1.807, 2.05) is 18.7 Å². The molecular weight excluding hydrogens is 280 g/mol. The van der Waals surface area contributed by atoms with Gasteiger partial charge in [0.25, 0.3) is 5.91 Å². The van der Waals surface area contributed by atoms with Gasteiger partial charge in [-0.2, -0.15) is 0 Å². The molecule has 0 spiro atoms. The average molecular weight is 304 g/mol. The lowest BCUT2D eigenvalue weighted by atomic mass is 10.1. The van der Waals surface area contributed by atoms with Crippen LogP contribution in [0.2, 0.25) is 0 Å². The van der Waals surface area contributed by atoms with E-state index in [1.54, 1.807) is 25.3 Å². The van der Waals surface area contributed by atoms with Gasteiger partial charge in [0, 0.05) is 18.7 Å². The Labute approximate surface area is 131 Å². The minimum Gasteiger partial charge on any atom is -0.496 e. The number of hydrogen-bond donors (Lipinski definition) is 1. The van der Waals surface area contributed by atoms with E-state index < -0.39 is 6.04 Å². The number of carbonyl (C=O) groups excluding carboxylic acids is 2. The standard InChI is InChI=1S/C17H24N2O3/c1-4-19-10-6-5-7-14(17(19)21)18-16(20)13-8-9-15(22-3)12(2)11-13/h8-9,11,14H,4-7,10H2,1-3H3,(H,18,20). The Balaban J connectivity index is 2.10. The van der Waals surface area contributed by atoms with E-state index in [2.05, 4.69) is 5.32 Å². The monoisotopic (exact) mass is 304 g/mol. The van der Waals surface area contributed by atoms with Gasteiger partial charge in [-0.25, -0.2) is 0 Å². The number of benzene rings is 1. The van der Waals surface area contributed by atoms with Gasteiger partial charge in [-0.3, -0.25) is 9.59 Å². The highest BCUT2D eigenvalue weighted by molar-refractivity contribution is 5.97. The Morgan fingerprint density at radius 1 is 1.41 bits per heavy atom. The maximum absolute atomic E-state index is 12.4. The number of amides is 2. The number of likely N-dealkylation sites (tertiary alicyclic amines) is 1. The number of carbonyl (C=O) groups is 2. The number of nitrogens with zero attached hydrogens (tertiary/aromatic N) is 1. The molecule has 0 radical (unpaired) electrons. The van der Waals surface area contributed by atoms with Crippen molar-refractivity contribution < 1.29 is 14.3 Å². The fourth-order valence-corrected chi connectivity index (χ4v) is 2.81. The Hall–Kier alpha value is -2.04. The Kier molecular flexibility index (Phi) is 5.41. The van der Waals surface area contributed by atoms with Gasteiger partial charge < -0.3 is 15.0 Å². The second kappa shape index (κ2) is 7.29. The zero-order valence-electron chi connectivity index (χ0n) is 13.5. The van der Waals surface area contributed by atoms with Crippen LogP contribution in [0.1, 0.15) is 42.1 Å². The molecule has 1 aromatic carbocycles. The fraction of sp³-hybridized carbons (Fsp3) is 0.529. The summed E-state index contributed by atoms with van der Waals surface area (Å²) in [4.78, 5) is 26.6. The third-order valence-electron chi connectivity index (χ3n) is 4.12. The maximum Gasteiger partial charge on any atom is 0.251 e. The predicted molar refractivity (Wildman–Crippen MR) is 85.1 cm³/mol. The molecule has 1 saturated heterocycles. The molecule has 0 saturated carbocycles. The van der Waals surface area contributed by atoms with Crippen LogP contribution in [0, 0.1) is 6.92 Å². The number of likely N-dealkylation sites (N-methyl/N-ethyl adjacent to an activating group) is 1. The number of nitrogens with one attached hydrogen (secondary N) is 1. The third kappa shape index (κ3) is 3.59. The Bertz CT molecular complexity index is 557. The molecule has 5 nitrogen and oxygen atoms in total. The molecule has 1 atom stereocenters. The molecule has 1 unspecified atom stereocenters. The van der Waals surface area contributed by atoms with Gasteiger partial charge in [-0.1, -0.05) is 0 Å². The van der Waals surface area contributed by atoms with Gasteiger partial charge in [0.1, 0.15) is 11.8 Å². The first-order valence-electron chi connectivity index (χ1n) is 7.81. The zero-order chi connectivity index (χ0) is 16.1. The molecular formula is C17H24N2O3. The summed E-state index contributed by atoms with van der Waals surface area (Å²) in [6, 6.07) is 4.86. The number of rotatable bonds is 4. The summed E-state index contributed by atoms with van der Waals surface area (Å²) in [7, 11) is 1.60. The first kappa shape index (κ1) is 16.3. The topological polar surface area (TPSA) is 58.6 Å². The lowest BCUT2D eigenvalue weighted by Crippen LogP contribution is -2.47. The fourth-order valence-electron chi connectivity index (χ4n) is 2.81. The molecule has 2 rings (SSSR count). The summed E-state index contributed by atoms with van der Waals surface area (Å²) in [6.07, 6.45) is 2.65. The average Bonchev–Trinajstić information content (AvgIpc) is 2.69. The van der Waals surface area contributed by atoms with Crippen LogP contribution in [0.5, 0.6) is 5.75 Å². The Morgan fingerprint density at radius 2 is 2.18 bits per heavy atom. The molecule has 22 heavy (non-hydrogen) atoms. The maximum atomic E-state index is 12.4. The number of ether oxygens (including phenoxy) is 1. The van der Waals surface area contributed by atoms with Crippen LogP contribution < -0.4 is 10.1 Å². The summed E-state index contributed by atoms with van der Waals surface area (Å²) in [5, 5.41) is 2.88. The van der Waals surface area contributed by atoms with Crippen molar-refractivity contribution in [3.63, 3.8) is 0 Å². The molecule has 1 aliphatic heterocycles. The van der Waals surface area contributed by atoms with E-state index in [1.165, 1.54) is 0 Å². The molecule has 0 aromatic heterocycles. The molecule has 0 bridgehead atoms. The summed E-state index contributed by atoms with van der Waals surface area (Å²) < 4.78 is 5.20. The van der Waals surface area contributed by atoms with Gasteiger partial charge in [-0.05, 0) is 56.9 Å². The largest absolute Gasteiger partial charge is 0.496 e. The summed E-state index contributed by atoms with van der Waals surface area (Å²) in [5.41, 5.74) is 1.45. The van der Waals surface area contributed by atoms with Gasteiger partial charge in [-0.15, -0.1) is 0 Å². The van der Waals surface area contributed by atoms with Gasteiger partial charge in [0.2, 0.25) is 5.91 Å². The quantitative estimate of drug-likeness (QED) is 0.927. The van der Waals surface area contributed by atoms with Crippen LogP contribution in [-0.2, 0) is 4.79 Å². The highest BCUT2D eigenvalue weighted by Crippen LogP contribution is 2.19. The Morgan fingerprint density at radius 3 is 2.82 bits per heavy atom. The van der Waals surface area contributed by atoms with Crippen molar-refractivity contribution in [2.24, 2.45) is 0 Å². The van der Waals surface area contributed by atoms with E-state index in [9.17, 15) is 9.59 Å². The first-order valence-corrected chi connectivity index (χ1v) is 7.81. The van der Waals surface area contributed by atoms with Crippen molar-refractivity contribution in [2.75, 3.05) is 20.2 Å². The highest BCUT2D eigenvalue weighted by atomic mass is 16.5. The third-order valence-corrected chi connectivity index (χ3v) is 4.12. The van der Waals surface area contributed by atoms with Gasteiger partial charge in [0.05, 0.1) is 7.11 Å². The normalized spacial score (nSPS) is 18.8. The SMILES string of the molecule is CCN1CCCCC(NC(=O)c2ccc(OC)c(C)c2)C1=O. The smallest absolute Gasteiger partial charge is 0.251 e. The lowest BCUT2D eigenvalue weighted by molar-refractivity contribution is -0.132. The second-order valence-electron chi connectivity index (χ2n) is 5.62. The van der Waals surface area contributed by atoms with Crippen LogP contribution in [0.25, 0.3) is 0 Å². The van der Waals surface area contributed by atoms with E-state index in [4.69, 9.17) is 4.74 Å². The summed E-state index contributed by atoms with van der Waals surface area (Å²) in [5.74, 6) is 0.569. The number of methoxy groups -OCH3 is 1. The van der Waals surface area contributed by atoms with Crippen molar-refractivity contribution in [1.29, 1.82) is 0 Å². The molecule has 120 valence electrons. The molecule has 1 aliphatic rings. The lowest BCUT2D eigenvalue weighted by Gasteiger charge is -2.23. The minimum atomic E-state index is -0.419. The predicted octanol–water partition coefficient (Wildman–Crippen LogP) is 2.13. The van der Waals surface area contributed by atoms with Crippen molar-refractivity contribution in [3.8, 4) is 5.75 Å². The number of aryl methyl sites for hydroxylation is 1. The molecule has 0 aliphatic carbocycles. The van der Waals surface area contributed by atoms with Crippen LogP contribution in [0.3, 0.4) is 0 Å². The molecule has 5 heteroatoms. The molecule has 1 heterocycles. The van der Waals surface area contributed by atoms with Crippen molar-refractivity contribution in [1.82, 2.24) is 10.2 Å². The van der Waals surface area contributed by atoms with Crippen LogP contribution in [0.4, 0.5) is 0 Å². The van der Waals surface area contributed by atoms with Gasteiger partial charge in [0.15, 0.2) is 0 Å². The highest BCUT2D eigenvalue weighted by Gasteiger charge is 2.27. The molecule has 1 fully saturated rings. The zero-order valence-corrected chi connectivity index (χ0v) is 13.5. The summed E-state index contributed by atoms with van der Waals surface area (Å²) >= 11 is 0. The minimum absolute atomic E-state index is 0.0265. The first-order chi connectivity index (χ1) is 10.6. The van der Waals surface area contributed by atoms with Crippen molar-refractivity contribution in [2.45, 2.75) is 39.2 Å². The second-order valence-corrected chi connectivity index (χ2v) is 5.62. The van der Waals surface area contributed by atoms with Crippen LogP contribution >= 0.6 is 0 Å². The molecule has 2 amide bonds. The van der Waals surface area contributed by atoms with Crippen LogP contribution in [-0.4, -0.2) is 43.0 Å². The summed E-state index contributed by atoms with van der Waals surface area (Å²) in [6.45, 7) is 5.33. The van der Waals surface area contributed by atoms with Gasteiger partial charge >= 0.3 is 0 Å².